The number of carbonyl (C=O) groups excluding carboxylic acids is 1. The van der Waals surface area contributed by atoms with Gasteiger partial charge in [-0.1, -0.05) is 0 Å². The molecular formula is C12H19F3N2O3. The number of aliphatic carboxylic acids is 1. The molecule has 1 rings (SSSR count). The van der Waals surface area contributed by atoms with Crippen LogP contribution in [0.3, 0.4) is 0 Å². The average Bonchev–Trinajstić information content (AvgIpc) is 2.36. The number of hydrogen-bond donors (Lipinski definition) is 2. The quantitative estimate of drug-likeness (QED) is 0.837. The molecule has 2 amide bonds. The van der Waals surface area contributed by atoms with E-state index in [-0.39, 0.29) is 25.9 Å². The summed E-state index contributed by atoms with van der Waals surface area (Å²) in [5, 5.41) is 11.3. The lowest BCUT2D eigenvalue weighted by Crippen LogP contribution is -2.50. The van der Waals surface area contributed by atoms with Crippen molar-refractivity contribution in [2.75, 3.05) is 13.1 Å². The van der Waals surface area contributed by atoms with Crippen LogP contribution in [0.15, 0.2) is 0 Å². The van der Waals surface area contributed by atoms with Gasteiger partial charge in [0.05, 0.1) is 11.8 Å². The second-order valence-corrected chi connectivity index (χ2v) is 5.17. The number of rotatable bonds is 3. The lowest BCUT2D eigenvalue weighted by atomic mass is 9.96. The highest BCUT2D eigenvalue weighted by Gasteiger charge is 2.41. The van der Waals surface area contributed by atoms with Gasteiger partial charge in [0.25, 0.3) is 0 Å². The number of carboxylic acids is 1. The molecule has 5 nitrogen and oxygen atoms in total. The van der Waals surface area contributed by atoms with Gasteiger partial charge in [0.15, 0.2) is 0 Å². The first kappa shape index (κ1) is 16.6. The van der Waals surface area contributed by atoms with Gasteiger partial charge in [0, 0.05) is 19.1 Å². The van der Waals surface area contributed by atoms with E-state index < -0.39 is 36.1 Å². The fourth-order valence-corrected chi connectivity index (χ4v) is 2.03. The van der Waals surface area contributed by atoms with Crippen LogP contribution in [0, 0.1) is 11.8 Å². The maximum atomic E-state index is 12.5. The smallest absolute Gasteiger partial charge is 0.391 e. The molecule has 1 heterocycles. The maximum absolute atomic E-state index is 12.5. The van der Waals surface area contributed by atoms with Gasteiger partial charge in [0.1, 0.15) is 0 Å². The number of urea groups is 1. The third-order valence-corrected chi connectivity index (χ3v) is 3.74. The Bertz CT molecular complexity index is 365. The minimum Gasteiger partial charge on any atom is -0.481 e. The standard InChI is InChI=1S/C12H19F3N2O3/c1-7(10(18)19)8(2)16-11(20)17-5-3-9(4-6-17)12(13,14)15/h7-9H,3-6H2,1-2H3,(H,16,20)(H,18,19). The highest BCUT2D eigenvalue weighted by molar-refractivity contribution is 5.76. The molecule has 20 heavy (non-hydrogen) atoms. The Kier molecular flexibility index (Phi) is 5.24. The second kappa shape index (κ2) is 6.32. The van der Waals surface area contributed by atoms with E-state index >= 15 is 0 Å². The first-order valence-corrected chi connectivity index (χ1v) is 6.48. The van der Waals surface area contributed by atoms with Crippen molar-refractivity contribution in [1.29, 1.82) is 0 Å². The third-order valence-electron chi connectivity index (χ3n) is 3.74. The molecule has 0 aliphatic carbocycles. The fraction of sp³-hybridized carbons (Fsp3) is 0.833. The zero-order valence-electron chi connectivity index (χ0n) is 11.4. The lowest BCUT2D eigenvalue weighted by molar-refractivity contribution is -0.183. The lowest BCUT2D eigenvalue weighted by Gasteiger charge is -2.34. The Balaban J connectivity index is 2.45. The Labute approximate surface area is 115 Å². The largest absolute Gasteiger partial charge is 0.481 e. The van der Waals surface area contributed by atoms with Crippen LogP contribution >= 0.6 is 0 Å². The molecular weight excluding hydrogens is 277 g/mol. The number of amides is 2. The first-order valence-electron chi connectivity index (χ1n) is 6.48. The number of nitrogens with one attached hydrogen (secondary N) is 1. The predicted octanol–water partition coefficient (Wildman–Crippen LogP) is 2.08. The van der Waals surface area contributed by atoms with Crippen LogP contribution in [0.4, 0.5) is 18.0 Å². The van der Waals surface area contributed by atoms with Gasteiger partial charge in [-0.3, -0.25) is 4.79 Å². The van der Waals surface area contributed by atoms with Crippen LogP contribution in [0.5, 0.6) is 0 Å². The minimum atomic E-state index is -4.21. The molecule has 1 aliphatic rings. The summed E-state index contributed by atoms with van der Waals surface area (Å²) >= 11 is 0. The maximum Gasteiger partial charge on any atom is 0.391 e. The molecule has 0 aromatic rings. The highest BCUT2D eigenvalue weighted by atomic mass is 19.4. The van der Waals surface area contributed by atoms with Crippen molar-refractivity contribution in [3.8, 4) is 0 Å². The Morgan fingerprint density at radius 2 is 1.75 bits per heavy atom. The van der Waals surface area contributed by atoms with Gasteiger partial charge < -0.3 is 15.3 Å². The number of hydrogen-bond acceptors (Lipinski definition) is 2. The molecule has 1 fully saturated rings. The van der Waals surface area contributed by atoms with Crippen LogP contribution in [0.2, 0.25) is 0 Å². The second-order valence-electron chi connectivity index (χ2n) is 5.17. The highest BCUT2D eigenvalue weighted by Crippen LogP contribution is 2.34. The fourth-order valence-electron chi connectivity index (χ4n) is 2.03. The topological polar surface area (TPSA) is 69.6 Å². The molecule has 1 saturated heterocycles. The number of likely N-dealkylation sites (tertiary alicyclic amines) is 1. The normalized spacial score (nSPS) is 20.4. The zero-order valence-corrected chi connectivity index (χ0v) is 11.4. The van der Waals surface area contributed by atoms with Gasteiger partial charge in [-0.25, -0.2) is 4.79 Å². The van der Waals surface area contributed by atoms with E-state index in [2.05, 4.69) is 5.32 Å². The zero-order chi connectivity index (χ0) is 15.5. The van der Waals surface area contributed by atoms with E-state index in [9.17, 15) is 22.8 Å². The number of halogens is 3. The van der Waals surface area contributed by atoms with E-state index in [1.807, 2.05) is 0 Å². The number of alkyl halides is 3. The number of piperidine rings is 1. The summed E-state index contributed by atoms with van der Waals surface area (Å²) in [7, 11) is 0. The Morgan fingerprint density at radius 1 is 1.25 bits per heavy atom. The molecule has 1 aliphatic heterocycles. The molecule has 2 N–H and O–H groups in total. The third kappa shape index (κ3) is 4.28. The molecule has 0 spiro atoms. The van der Waals surface area contributed by atoms with E-state index in [1.165, 1.54) is 11.8 Å². The first-order chi connectivity index (χ1) is 9.12. The van der Waals surface area contributed by atoms with Crippen molar-refractivity contribution >= 4 is 12.0 Å². The van der Waals surface area contributed by atoms with Crippen LogP contribution in [-0.4, -0.2) is 47.3 Å². The number of nitrogens with zero attached hydrogens (tertiary/aromatic N) is 1. The van der Waals surface area contributed by atoms with Crippen molar-refractivity contribution in [3.05, 3.63) is 0 Å². The minimum absolute atomic E-state index is 0.0319. The molecule has 0 radical (unpaired) electrons. The van der Waals surface area contributed by atoms with E-state index in [0.29, 0.717) is 0 Å². The monoisotopic (exact) mass is 296 g/mol. The molecule has 0 bridgehead atoms. The summed E-state index contributed by atoms with van der Waals surface area (Å²) in [6, 6.07) is -1.09. The summed E-state index contributed by atoms with van der Waals surface area (Å²) < 4.78 is 37.5. The predicted molar refractivity (Wildman–Crippen MR) is 65.1 cm³/mol. The van der Waals surface area contributed by atoms with Crippen molar-refractivity contribution in [2.24, 2.45) is 11.8 Å². The summed E-state index contributed by atoms with van der Waals surface area (Å²) in [6.45, 7) is 3.08. The molecule has 2 atom stereocenters. The van der Waals surface area contributed by atoms with E-state index in [4.69, 9.17) is 5.11 Å². The summed E-state index contributed by atoms with van der Waals surface area (Å²) in [5.41, 5.74) is 0. The molecule has 2 unspecified atom stereocenters. The Hall–Kier alpha value is -1.47. The number of carbonyl (C=O) groups is 2. The van der Waals surface area contributed by atoms with Crippen molar-refractivity contribution in [3.63, 3.8) is 0 Å². The van der Waals surface area contributed by atoms with E-state index in [1.54, 1.807) is 6.92 Å². The summed E-state index contributed by atoms with van der Waals surface area (Å²) in [6.07, 6.45) is -4.44. The van der Waals surface area contributed by atoms with Gasteiger partial charge in [-0.05, 0) is 26.7 Å². The van der Waals surface area contributed by atoms with Gasteiger partial charge in [-0.2, -0.15) is 13.2 Å². The average molecular weight is 296 g/mol. The molecule has 8 heteroatoms. The number of carboxylic acid groups (broad SMARTS) is 1. The molecule has 0 saturated carbocycles. The van der Waals surface area contributed by atoms with Crippen molar-refractivity contribution < 1.29 is 27.9 Å². The van der Waals surface area contributed by atoms with Crippen molar-refractivity contribution in [1.82, 2.24) is 10.2 Å². The molecule has 0 aromatic heterocycles. The molecule has 0 aromatic carbocycles. The van der Waals surface area contributed by atoms with Gasteiger partial charge in [0.2, 0.25) is 0 Å². The van der Waals surface area contributed by atoms with E-state index in [0.717, 1.165) is 0 Å². The van der Waals surface area contributed by atoms with Crippen molar-refractivity contribution in [2.45, 2.75) is 38.9 Å². The Morgan fingerprint density at radius 3 is 2.15 bits per heavy atom. The van der Waals surface area contributed by atoms with Gasteiger partial charge >= 0.3 is 18.2 Å². The summed E-state index contributed by atoms with van der Waals surface area (Å²) in [4.78, 5) is 23.9. The summed E-state index contributed by atoms with van der Waals surface area (Å²) in [5.74, 6) is -3.15. The SMILES string of the molecule is CC(NC(=O)N1CCC(C(F)(F)F)CC1)C(C)C(=O)O. The molecule has 116 valence electrons. The van der Waals surface area contributed by atoms with Crippen LogP contribution in [0.1, 0.15) is 26.7 Å². The van der Waals surface area contributed by atoms with Gasteiger partial charge in [-0.15, -0.1) is 0 Å². The van der Waals surface area contributed by atoms with Crippen LogP contribution < -0.4 is 5.32 Å². The van der Waals surface area contributed by atoms with Crippen LogP contribution in [-0.2, 0) is 4.79 Å². The van der Waals surface area contributed by atoms with Crippen LogP contribution in [0.25, 0.3) is 0 Å².